The predicted octanol–water partition coefficient (Wildman–Crippen LogP) is 2.38. The molecule has 0 spiro atoms. The Kier molecular flexibility index (Phi) is 4.76. The lowest BCUT2D eigenvalue weighted by Crippen LogP contribution is -2.44. The predicted molar refractivity (Wildman–Crippen MR) is 84.4 cm³/mol. The van der Waals surface area contributed by atoms with E-state index in [0.717, 1.165) is 38.9 Å². The van der Waals surface area contributed by atoms with Crippen molar-refractivity contribution < 1.29 is 4.74 Å². The number of hydrogen-bond donors (Lipinski definition) is 1. The molecule has 1 saturated heterocycles. The molecule has 1 aromatic heterocycles. The third-order valence-corrected chi connectivity index (χ3v) is 5.39. The zero-order valence-corrected chi connectivity index (χ0v) is 13.3. The van der Waals surface area contributed by atoms with Crippen molar-refractivity contribution in [1.29, 1.82) is 0 Å². The van der Waals surface area contributed by atoms with Gasteiger partial charge in [0.25, 0.3) is 0 Å². The van der Waals surface area contributed by atoms with E-state index in [1.54, 1.807) is 0 Å². The summed E-state index contributed by atoms with van der Waals surface area (Å²) < 4.78 is 5.70. The maximum Gasteiger partial charge on any atom is 0.0547 e. The number of hydrogen-bond acceptors (Lipinski definition) is 4. The molecule has 1 aliphatic heterocycles. The second-order valence-electron chi connectivity index (χ2n) is 6.52. The average Bonchev–Trinajstić information content (AvgIpc) is 2.93. The van der Waals surface area contributed by atoms with Crippen molar-refractivity contribution in [1.82, 2.24) is 10.2 Å². The molecule has 2 aliphatic rings. The lowest BCUT2D eigenvalue weighted by Gasteiger charge is -2.32. The fourth-order valence-corrected chi connectivity index (χ4v) is 3.72. The third-order valence-electron chi connectivity index (χ3n) is 4.45. The fourth-order valence-electron chi connectivity index (χ4n) is 3.03. The van der Waals surface area contributed by atoms with Crippen LogP contribution in [0.25, 0.3) is 0 Å². The first-order valence-corrected chi connectivity index (χ1v) is 8.66. The summed E-state index contributed by atoms with van der Waals surface area (Å²) in [6, 6.07) is 5.18. The Balaban J connectivity index is 1.47. The highest BCUT2D eigenvalue weighted by Crippen LogP contribution is 2.30. The van der Waals surface area contributed by atoms with Gasteiger partial charge in [0.15, 0.2) is 0 Å². The Bertz CT molecular complexity index is 397. The first-order valence-electron chi connectivity index (χ1n) is 7.78. The molecule has 4 heteroatoms. The summed E-state index contributed by atoms with van der Waals surface area (Å²) in [6.45, 7) is 5.28. The molecule has 0 radical (unpaired) electrons. The van der Waals surface area contributed by atoms with Gasteiger partial charge in [0, 0.05) is 42.6 Å². The first-order chi connectivity index (χ1) is 9.76. The maximum atomic E-state index is 5.70. The molecule has 1 saturated carbocycles. The quantitative estimate of drug-likeness (QED) is 0.797. The monoisotopic (exact) mass is 294 g/mol. The molecule has 1 atom stereocenters. The van der Waals surface area contributed by atoms with Crippen LogP contribution in [0.15, 0.2) is 17.5 Å². The molecule has 20 heavy (non-hydrogen) atoms. The van der Waals surface area contributed by atoms with E-state index in [1.165, 1.54) is 30.6 Å². The van der Waals surface area contributed by atoms with Crippen LogP contribution in [0.1, 0.15) is 24.1 Å². The van der Waals surface area contributed by atoms with E-state index in [1.807, 2.05) is 11.3 Å². The zero-order valence-electron chi connectivity index (χ0n) is 12.4. The summed E-state index contributed by atoms with van der Waals surface area (Å²) >= 11 is 1.87. The minimum absolute atomic E-state index is 0.340. The molecular formula is C16H26N2OS. The van der Waals surface area contributed by atoms with Gasteiger partial charge in [0.2, 0.25) is 0 Å². The molecule has 1 unspecified atom stereocenters. The van der Waals surface area contributed by atoms with E-state index in [9.17, 15) is 0 Å². The number of ether oxygens (including phenoxy) is 1. The van der Waals surface area contributed by atoms with E-state index in [0.29, 0.717) is 5.41 Å². The van der Waals surface area contributed by atoms with Gasteiger partial charge in [-0.1, -0.05) is 6.07 Å². The van der Waals surface area contributed by atoms with Crippen LogP contribution in [-0.4, -0.2) is 50.8 Å². The van der Waals surface area contributed by atoms with Crippen molar-refractivity contribution >= 4 is 11.3 Å². The Morgan fingerprint density at radius 3 is 3.05 bits per heavy atom. The SMILES string of the molecule is CN(CCc1cccs1)CC1(CNC2CC2)CCOC1. The summed E-state index contributed by atoms with van der Waals surface area (Å²) in [5, 5.41) is 5.88. The molecule has 2 heterocycles. The van der Waals surface area contributed by atoms with Gasteiger partial charge in [0.05, 0.1) is 6.61 Å². The topological polar surface area (TPSA) is 24.5 Å². The Morgan fingerprint density at radius 1 is 1.50 bits per heavy atom. The Labute approximate surface area is 126 Å². The molecule has 3 rings (SSSR count). The number of thiophene rings is 1. The van der Waals surface area contributed by atoms with Gasteiger partial charge >= 0.3 is 0 Å². The fraction of sp³-hybridized carbons (Fsp3) is 0.750. The lowest BCUT2D eigenvalue weighted by atomic mass is 9.86. The van der Waals surface area contributed by atoms with Gasteiger partial charge in [-0.25, -0.2) is 0 Å². The Hall–Kier alpha value is -0.420. The summed E-state index contributed by atoms with van der Waals surface area (Å²) in [5.41, 5.74) is 0.340. The minimum Gasteiger partial charge on any atom is -0.381 e. The third kappa shape index (κ3) is 4.04. The van der Waals surface area contributed by atoms with Crippen molar-refractivity contribution in [3.63, 3.8) is 0 Å². The molecule has 1 aromatic rings. The smallest absolute Gasteiger partial charge is 0.0547 e. The van der Waals surface area contributed by atoms with Gasteiger partial charge in [-0.05, 0) is 44.2 Å². The van der Waals surface area contributed by atoms with Crippen molar-refractivity contribution in [2.24, 2.45) is 5.41 Å². The highest BCUT2D eigenvalue weighted by molar-refractivity contribution is 7.09. The Morgan fingerprint density at radius 2 is 2.40 bits per heavy atom. The average molecular weight is 294 g/mol. The molecule has 3 nitrogen and oxygen atoms in total. The maximum absolute atomic E-state index is 5.70. The van der Waals surface area contributed by atoms with Crippen LogP contribution in [0.5, 0.6) is 0 Å². The molecule has 0 aromatic carbocycles. The lowest BCUT2D eigenvalue weighted by molar-refractivity contribution is 0.119. The van der Waals surface area contributed by atoms with Gasteiger partial charge < -0.3 is 15.0 Å². The first kappa shape index (κ1) is 14.5. The summed E-state index contributed by atoms with van der Waals surface area (Å²) in [5.74, 6) is 0. The van der Waals surface area contributed by atoms with E-state index in [2.05, 4.69) is 34.8 Å². The highest BCUT2D eigenvalue weighted by atomic mass is 32.1. The van der Waals surface area contributed by atoms with Crippen LogP contribution < -0.4 is 5.32 Å². The normalized spacial score (nSPS) is 26.5. The van der Waals surface area contributed by atoms with Crippen LogP contribution in [0.3, 0.4) is 0 Å². The second kappa shape index (κ2) is 6.56. The van der Waals surface area contributed by atoms with Gasteiger partial charge in [-0.3, -0.25) is 0 Å². The largest absolute Gasteiger partial charge is 0.381 e. The second-order valence-corrected chi connectivity index (χ2v) is 7.56. The van der Waals surface area contributed by atoms with Crippen molar-refractivity contribution in [2.45, 2.75) is 31.7 Å². The number of nitrogens with one attached hydrogen (secondary N) is 1. The summed E-state index contributed by atoms with van der Waals surface area (Å²) in [7, 11) is 2.25. The zero-order chi connectivity index (χ0) is 13.8. The van der Waals surface area contributed by atoms with Gasteiger partial charge in [-0.2, -0.15) is 0 Å². The standard InChI is InChI=1S/C16H26N2OS/c1-18(8-6-15-3-2-10-20-15)12-16(7-9-19-13-16)11-17-14-4-5-14/h2-3,10,14,17H,4-9,11-13H2,1H3. The van der Waals surface area contributed by atoms with E-state index in [-0.39, 0.29) is 0 Å². The minimum atomic E-state index is 0.340. The molecule has 2 fully saturated rings. The van der Waals surface area contributed by atoms with E-state index < -0.39 is 0 Å². The van der Waals surface area contributed by atoms with Crippen LogP contribution in [0.4, 0.5) is 0 Å². The van der Waals surface area contributed by atoms with Crippen molar-refractivity contribution in [3.8, 4) is 0 Å². The molecular weight excluding hydrogens is 268 g/mol. The van der Waals surface area contributed by atoms with Gasteiger partial charge in [-0.15, -0.1) is 11.3 Å². The summed E-state index contributed by atoms with van der Waals surface area (Å²) in [4.78, 5) is 3.98. The highest BCUT2D eigenvalue weighted by Gasteiger charge is 2.37. The number of rotatable bonds is 8. The van der Waals surface area contributed by atoms with E-state index >= 15 is 0 Å². The van der Waals surface area contributed by atoms with Gasteiger partial charge in [0.1, 0.15) is 0 Å². The van der Waals surface area contributed by atoms with Crippen LogP contribution in [0, 0.1) is 5.41 Å². The molecule has 0 amide bonds. The molecule has 112 valence electrons. The molecule has 1 N–H and O–H groups in total. The van der Waals surface area contributed by atoms with Crippen molar-refractivity contribution in [2.75, 3.05) is 39.9 Å². The van der Waals surface area contributed by atoms with Crippen LogP contribution in [-0.2, 0) is 11.2 Å². The van der Waals surface area contributed by atoms with Crippen LogP contribution in [0.2, 0.25) is 0 Å². The molecule has 1 aliphatic carbocycles. The van der Waals surface area contributed by atoms with E-state index in [4.69, 9.17) is 4.74 Å². The van der Waals surface area contributed by atoms with Crippen LogP contribution >= 0.6 is 11.3 Å². The number of nitrogens with zero attached hydrogens (tertiary/aromatic N) is 1. The molecule has 0 bridgehead atoms. The number of likely N-dealkylation sites (N-methyl/N-ethyl adjacent to an activating group) is 1. The van der Waals surface area contributed by atoms with Crippen molar-refractivity contribution in [3.05, 3.63) is 22.4 Å². The summed E-state index contributed by atoms with van der Waals surface area (Å²) in [6.07, 6.45) is 5.10.